The van der Waals surface area contributed by atoms with Crippen LogP contribution in [0.4, 0.5) is 11.5 Å². The van der Waals surface area contributed by atoms with Gasteiger partial charge in [-0.25, -0.2) is 9.97 Å². The van der Waals surface area contributed by atoms with Crippen LogP contribution in [0.15, 0.2) is 67.3 Å². The van der Waals surface area contributed by atoms with Crippen LogP contribution in [0, 0.1) is 18.8 Å². The zero-order valence-corrected chi connectivity index (χ0v) is 17.4. The molecule has 0 aliphatic carbocycles. The minimum absolute atomic E-state index is 0.621. The van der Waals surface area contributed by atoms with Gasteiger partial charge in [0.25, 0.3) is 0 Å². The molecule has 0 spiro atoms. The van der Waals surface area contributed by atoms with Crippen LogP contribution >= 0.6 is 0 Å². The van der Waals surface area contributed by atoms with Crippen molar-refractivity contribution in [2.45, 2.75) is 13.3 Å². The summed E-state index contributed by atoms with van der Waals surface area (Å²) < 4.78 is 11.0. The standard InChI is InChI=1S/C25H22N4O2/c1-18-14-20(9-11-24(18)31-21-7-5-12-26-16-21)29-25-22-15-19(6-3-4-13-30-2)8-10-23(22)27-17-28-25/h5,7-12,14-17H,4,13H2,1-2H3,(H,27,28,29). The van der Waals surface area contributed by atoms with E-state index in [1.807, 2.05) is 55.5 Å². The van der Waals surface area contributed by atoms with Gasteiger partial charge in [0.2, 0.25) is 0 Å². The number of aromatic nitrogens is 3. The van der Waals surface area contributed by atoms with Gasteiger partial charge in [0.15, 0.2) is 0 Å². The van der Waals surface area contributed by atoms with Crippen molar-refractivity contribution >= 4 is 22.4 Å². The van der Waals surface area contributed by atoms with Crippen LogP contribution in [0.2, 0.25) is 0 Å². The van der Waals surface area contributed by atoms with Crippen molar-refractivity contribution in [2.75, 3.05) is 19.0 Å². The second-order valence-corrected chi connectivity index (χ2v) is 6.89. The van der Waals surface area contributed by atoms with Gasteiger partial charge in [-0.05, 0) is 61.0 Å². The molecule has 2 heterocycles. The minimum atomic E-state index is 0.621. The number of anilines is 2. The number of hydrogen-bond donors (Lipinski definition) is 1. The van der Waals surface area contributed by atoms with Gasteiger partial charge in [-0.1, -0.05) is 11.8 Å². The van der Waals surface area contributed by atoms with Crippen LogP contribution < -0.4 is 10.1 Å². The number of nitrogens with one attached hydrogen (secondary N) is 1. The Hall–Kier alpha value is -3.95. The van der Waals surface area contributed by atoms with E-state index in [1.54, 1.807) is 25.8 Å². The van der Waals surface area contributed by atoms with Crippen LogP contribution in [0.3, 0.4) is 0 Å². The lowest BCUT2D eigenvalue weighted by Gasteiger charge is -2.12. The van der Waals surface area contributed by atoms with E-state index in [2.05, 4.69) is 32.1 Å². The molecule has 0 saturated carbocycles. The molecule has 0 amide bonds. The van der Waals surface area contributed by atoms with Crippen molar-refractivity contribution < 1.29 is 9.47 Å². The van der Waals surface area contributed by atoms with Gasteiger partial charge < -0.3 is 14.8 Å². The SMILES string of the molecule is COCCC#Cc1ccc2ncnc(Nc3ccc(Oc4cccnc4)c(C)c3)c2c1. The Morgan fingerprint density at radius 1 is 1.06 bits per heavy atom. The van der Waals surface area contributed by atoms with Crippen LogP contribution in [0.1, 0.15) is 17.5 Å². The molecule has 0 aliphatic heterocycles. The van der Waals surface area contributed by atoms with Crippen molar-refractivity contribution in [3.63, 3.8) is 0 Å². The van der Waals surface area contributed by atoms with Crippen LogP contribution in [-0.4, -0.2) is 28.7 Å². The first-order chi connectivity index (χ1) is 15.2. The Balaban J connectivity index is 1.57. The van der Waals surface area contributed by atoms with Crippen LogP contribution in [0.5, 0.6) is 11.5 Å². The highest BCUT2D eigenvalue weighted by Gasteiger charge is 2.07. The maximum atomic E-state index is 5.92. The molecule has 4 aromatic rings. The summed E-state index contributed by atoms with van der Waals surface area (Å²) in [5, 5.41) is 4.31. The Morgan fingerprint density at radius 3 is 2.81 bits per heavy atom. The number of hydrogen-bond acceptors (Lipinski definition) is 6. The molecule has 0 saturated heterocycles. The van der Waals surface area contributed by atoms with Gasteiger partial charge in [0.1, 0.15) is 23.6 Å². The zero-order valence-electron chi connectivity index (χ0n) is 17.4. The lowest BCUT2D eigenvalue weighted by molar-refractivity contribution is 0.206. The Labute approximate surface area is 181 Å². The molecule has 0 radical (unpaired) electrons. The number of rotatable bonds is 6. The smallest absolute Gasteiger partial charge is 0.145 e. The van der Waals surface area contributed by atoms with Crippen LogP contribution in [0.25, 0.3) is 10.9 Å². The summed E-state index contributed by atoms with van der Waals surface area (Å²) in [7, 11) is 1.67. The molecule has 2 aromatic heterocycles. The van der Waals surface area contributed by atoms with Crippen molar-refractivity contribution in [3.8, 4) is 23.3 Å². The summed E-state index contributed by atoms with van der Waals surface area (Å²) in [6.07, 6.45) is 5.66. The third kappa shape index (κ3) is 5.16. The maximum absolute atomic E-state index is 5.92. The summed E-state index contributed by atoms with van der Waals surface area (Å²) in [6, 6.07) is 15.6. The summed E-state index contributed by atoms with van der Waals surface area (Å²) in [5.74, 6) is 8.49. The van der Waals surface area contributed by atoms with Gasteiger partial charge in [0.05, 0.1) is 18.3 Å². The molecule has 0 unspecified atom stereocenters. The van der Waals surface area contributed by atoms with Gasteiger partial charge in [-0.15, -0.1) is 0 Å². The summed E-state index contributed by atoms with van der Waals surface area (Å²) in [6.45, 7) is 2.62. The van der Waals surface area contributed by atoms with E-state index in [9.17, 15) is 0 Å². The molecule has 1 N–H and O–H groups in total. The Bertz CT molecular complexity index is 1250. The highest BCUT2D eigenvalue weighted by atomic mass is 16.5. The molecule has 6 heteroatoms. The van der Waals surface area contributed by atoms with Crippen molar-refractivity contribution in [1.29, 1.82) is 0 Å². The monoisotopic (exact) mass is 410 g/mol. The number of aryl methyl sites for hydroxylation is 1. The van der Waals surface area contributed by atoms with E-state index in [-0.39, 0.29) is 0 Å². The highest BCUT2D eigenvalue weighted by molar-refractivity contribution is 5.91. The van der Waals surface area contributed by atoms with E-state index in [0.29, 0.717) is 18.8 Å². The second kappa shape index (κ2) is 9.70. The third-order valence-electron chi connectivity index (χ3n) is 4.60. The topological polar surface area (TPSA) is 69.2 Å². The van der Waals surface area contributed by atoms with Crippen molar-refractivity contribution in [3.05, 3.63) is 78.4 Å². The zero-order chi connectivity index (χ0) is 21.5. The van der Waals surface area contributed by atoms with Gasteiger partial charge >= 0.3 is 0 Å². The molecule has 0 aliphatic rings. The molecule has 0 atom stereocenters. The lowest BCUT2D eigenvalue weighted by Crippen LogP contribution is -1.97. The summed E-state index contributed by atoms with van der Waals surface area (Å²) in [5.41, 5.74) is 3.68. The van der Waals surface area contributed by atoms with Crippen LogP contribution in [-0.2, 0) is 4.74 Å². The Morgan fingerprint density at radius 2 is 2.00 bits per heavy atom. The van der Waals surface area contributed by atoms with Crippen molar-refractivity contribution in [1.82, 2.24) is 15.0 Å². The number of benzene rings is 2. The molecule has 0 bridgehead atoms. The normalized spacial score (nSPS) is 10.4. The van der Waals surface area contributed by atoms with Gasteiger partial charge in [-0.3, -0.25) is 4.98 Å². The fraction of sp³-hybridized carbons (Fsp3) is 0.160. The van der Waals surface area contributed by atoms with Crippen molar-refractivity contribution in [2.24, 2.45) is 0 Å². The first kappa shape index (κ1) is 20.3. The quantitative estimate of drug-likeness (QED) is 0.346. The number of methoxy groups -OCH3 is 1. The van der Waals surface area contributed by atoms with E-state index in [0.717, 1.165) is 39.3 Å². The molecule has 4 rings (SSSR count). The number of fused-ring (bicyclic) bond motifs is 1. The molecular weight excluding hydrogens is 388 g/mol. The molecular formula is C25H22N4O2. The second-order valence-electron chi connectivity index (χ2n) is 6.89. The first-order valence-electron chi connectivity index (χ1n) is 9.91. The first-order valence-corrected chi connectivity index (χ1v) is 9.91. The maximum Gasteiger partial charge on any atom is 0.145 e. The molecule has 6 nitrogen and oxygen atoms in total. The highest BCUT2D eigenvalue weighted by Crippen LogP contribution is 2.29. The largest absolute Gasteiger partial charge is 0.455 e. The summed E-state index contributed by atoms with van der Waals surface area (Å²) >= 11 is 0. The lowest BCUT2D eigenvalue weighted by atomic mass is 10.1. The number of pyridine rings is 1. The summed E-state index contributed by atoms with van der Waals surface area (Å²) in [4.78, 5) is 12.9. The fourth-order valence-electron chi connectivity index (χ4n) is 3.06. The van der Waals surface area contributed by atoms with E-state index in [1.165, 1.54) is 0 Å². The average molecular weight is 410 g/mol. The number of ether oxygens (including phenoxy) is 2. The third-order valence-corrected chi connectivity index (χ3v) is 4.60. The minimum Gasteiger partial charge on any atom is -0.455 e. The predicted molar refractivity (Wildman–Crippen MR) is 122 cm³/mol. The fourth-order valence-corrected chi connectivity index (χ4v) is 3.06. The van der Waals surface area contributed by atoms with E-state index >= 15 is 0 Å². The predicted octanol–water partition coefficient (Wildman–Crippen LogP) is 5.26. The average Bonchev–Trinajstić information content (AvgIpc) is 2.80. The number of nitrogens with zero attached hydrogens (tertiary/aromatic N) is 3. The molecule has 154 valence electrons. The van der Waals surface area contributed by atoms with E-state index in [4.69, 9.17) is 9.47 Å². The Kier molecular flexibility index (Phi) is 6.36. The van der Waals surface area contributed by atoms with E-state index < -0.39 is 0 Å². The van der Waals surface area contributed by atoms with Gasteiger partial charge in [0, 0.05) is 36.4 Å². The molecule has 2 aromatic carbocycles. The molecule has 0 fully saturated rings. The van der Waals surface area contributed by atoms with Gasteiger partial charge in [-0.2, -0.15) is 0 Å². The molecule has 31 heavy (non-hydrogen) atoms.